The van der Waals surface area contributed by atoms with E-state index >= 15 is 0 Å². The van der Waals surface area contributed by atoms with E-state index in [2.05, 4.69) is 22.5 Å². The van der Waals surface area contributed by atoms with Gasteiger partial charge in [0.1, 0.15) is 9.84 Å². The molecule has 6 heteroatoms. The lowest BCUT2D eigenvalue weighted by Crippen LogP contribution is -2.06. The third kappa shape index (κ3) is 4.74. The number of sulfone groups is 1. The molecular weight excluding hydrogens is 304 g/mol. The molecule has 0 aliphatic heterocycles. The van der Waals surface area contributed by atoms with Crippen LogP contribution in [0.3, 0.4) is 0 Å². The summed E-state index contributed by atoms with van der Waals surface area (Å²) in [5.74, 6) is 0.742. The van der Waals surface area contributed by atoms with E-state index in [-0.39, 0.29) is 5.75 Å². The Hall–Kier alpha value is -1.01. The fourth-order valence-corrected chi connectivity index (χ4v) is 4.42. The Balaban J connectivity index is 2.18. The normalized spacial score (nSPS) is 12.1. The maximum Gasteiger partial charge on any atom is 0.169 e. The standard InChI is InChI=1S/C15H22N2O2S2/c1-3-4-7-10-17-14-9-6-5-8-13(14)16-15(17)20-11-12-21(2,18)19/h5-6,8-9H,3-4,7,10-12H2,1-2H3. The first-order chi connectivity index (χ1) is 10.0. The lowest BCUT2D eigenvalue weighted by molar-refractivity contribution is 0.579. The van der Waals surface area contributed by atoms with Gasteiger partial charge in [-0.25, -0.2) is 13.4 Å². The first-order valence-corrected chi connectivity index (χ1v) is 10.3. The van der Waals surface area contributed by atoms with Gasteiger partial charge in [0.25, 0.3) is 0 Å². The topological polar surface area (TPSA) is 52.0 Å². The van der Waals surface area contributed by atoms with Crippen molar-refractivity contribution in [2.75, 3.05) is 17.8 Å². The molecule has 0 bridgehead atoms. The molecule has 4 nitrogen and oxygen atoms in total. The molecule has 0 saturated heterocycles. The van der Waals surface area contributed by atoms with E-state index in [1.54, 1.807) is 0 Å². The van der Waals surface area contributed by atoms with Crippen LogP contribution < -0.4 is 0 Å². The van der Waals surface area contributed by atoms with Crippen LogP contribution in [0.15, 0.2) is 29.4 Å². The fourth-order valence-electron chi connectivity index (χ4n) is 2.18. The Kier molecular flexibility index (Phi) is 5.70. The lowest BCUT2D eigenvalue weighted by Gasteiger charge is -2.08. The van der Waals surface area contributed by atoms with Crippen LogP contribution in [0.1, 0.15) is 26.2 Å². The van der Waals surface area contributed by atoms with Gasteiger partial charge in [-0.3, -0.25) is 0 Å². The Morgan fingerprint density at radius 1 is 1.24 bits per heavy atom. The summed E-state index contributed by atoms with van der Waals surface area (Å²) in [4.78, 5) is 4.64. The predicted molar refractivity (Wildman–Crippen MR) is 89.7 cm³/mol. The highest BCUT2D eigenvalue weighted by molar-refractivity contribution is 8.00. The molecule has 0 N–H and O–H groups in total. The zero-order valence-electron chi connectivity index (χ0n) is 12.6. The molecule has 0 atom stereocenters. The molecule has 116 valence electrons. The molecular formula is C15H22N2O2S2. The van der Waals surface area contributed by atoms with Crippen molar-refractivity contribution in [2.45, 2.75) is 37.9 Å². The number of imidazole rings is 1. The number of unbranched alkanes of at least 4 members (excludes halogenated alkanes) is 2. The van der Waals surface area contributed by atoms with Crippen LogP contribution in [0.2, 0.25) is 0 Å². The average molecular weight is 326 g/mol. The van der Waals surface area contributed by atoms with E-state index in [0.29, 0.717) is 5.75 Å². The van der Waals surface area contributed by atoms with E-state index in [0.717, 1.165) is 29.2 Å². The molecule has 0 amide bonds. The summed E-state index contributed by atoms with van der Waals surface area (Å²) in [5.41, 5.74) is 2.12. The van der Waals surface area contributed by atoms with Crippen molar-refractivity contribution >= 4 is 32.6 Å². The van der Waals surface area contributed by atoms with E-state index in [1.807, 2.05) is 18.2 Å². The van der Waals surface area contributed by atoms with Crippen LogP contribution in [-0.2, 0) is 16.4 Å². The fraction of sp³-hybridized carbons (Fsp3) is 0.533. The molecule has 0 aliphatic carbocycles. The second kappa shape index (κ2) is 7.31. The minimum Gasteiger partial charge on any atom is -0.319 e. The summed E-state index contributed by atoms with van der Waals surface area (Å²) in [7, 11) is -2.92. The van der Waals surface area contributed by atoms with E-state index in [1.165, 1.54) is 30.9 Å². The molecule has 2 rings (SSSR count). The Labute approximate surface area is 130 Å². The van der Waals surface area contributed by atoms with Gasteiger partial charge < -0.3 is 4.57 Å². The third-order valence-corrected chi connectivity index (χ3v) is 5.47. The molecule has 1 aromatic carbocycles. The van der Waals surface area contributed by atoms with Gasteiger partial charge in [0.2, 0.25) is 0 Å². The summed E-state index contributed by atoms with van der Waals surface area (Å²) >= 11 is 1.53. The van der Waals surface area contributed by atoms with E-state index in [9.17, 15) is 8.42 Å². The highest BCUT2D eigenvalue weighted by Crippen LogP contribution is 2.24. The van der Waals surface area contributed by atoms with Crippen molar-refractivity contribution in [3.05, 3.63) is 24.3 Å². The number of aromatic nitrogens is 2. The zero-order valence-corrected chi connectivity index (χ0v) is 14.2. The van der Waals surface area contributed by atoms with Crippen LogP contribution in [-0.4, -0.2) is 35.7 Å². The maximum atomic E-state index is 11.2. The van der Waals surface area contributed by atoms with Gasteiger partial charge in [-0.15, -0.1) is 0 Å². The van der Waals surface area contributed by atoms with Crippen molar-refractivity contribution < 1.29 is 8.42 Å². The second-order valence-corrected chi connectivity index (χ2v) is 8.54. The quantitative estimate of drug-likeness (QED) is 0.551. The Bertz CT molecular complexity index is 693. The van der Waals surface area contributed by atoms with Gasteiger partial charge in [-0.05, 0) is 18.6 Å². The molecule has 1 heterocycles. The summed E-state index contributed by atoms with van der Waals surface area (Å²) in [6, 6.07) is 8.09. The van der Waals surface area contributed by atoms with Gasteiger partial charge in [0, 0.05) is 18.6 Å². The largest absolute Gasteiger partial charge is 0.319 e. The molecule has 1 aromatic heterocycles. The molecule has 0 unspecified atom stereocenters. The number of hydrogen-bond donors (Lipinski definition) is 0. The number of rotatable bonds is 8. The van der Waals surface area contributed by atoms with Gasteiger partial charge >= 0.3 is 0 Å². The van der Waals surface area contributed by atoms with Crippen LogP contribution in [0, 0.1) is 0 Å². The third-order valence-electron chi connectivity index (χ3n) is 3.29. The smallest absolute Gasteiger partial charge is 0.169 e. The summed E-state index contributed by atoms with van der Waals surface area (Å²) in [6.07, 6.45) is 4.78. The number of hydrogen-bond acceptors (Lipinski definition) is 4. The zero-order chi connectivity index (χ0) is 15.3. The predicted octanol–water partition coefficient (Wildman–Crippen LogP) is 3.36. The van der Waals surface area contributed by atoms with Crippen molar-refractivity contribution in [3.63, 3.8) is 0 Å². The van der Waals surface area contributed by atoms with Gasteiger partial charge in [-0.1, -0.05) is 43.7 Å². The molecule has 2 aromatic rings. The minimum atomic E-state index is -2.92. The summed E-state index contributed by atoms with van der Waals surface area (Å²) in [6.45, 7) is 3.13. The summed E-state index contributed by atoms with van der Waals surface area (Å²) < 4.78 is 24.7. The average Bonchev–Trinajstić information content (AvgIpc) is 2.76. The van der Waals surface area contributed by atoms with Crippen LogP contribution in [0.25, 0.3) is 11.0 Å². The Morgan fingerprint density at radius 3 is 2.71 bits per heavy atom. The molecule has 0 fully saturated rings. The van der Waals surface area contributed by atoms with Crippen LogP contribution in [0.4, 0.5) is 0 Å². The monoisotopic (exact) mass is 326 g/mol. The van der Waals surface area contributed by atoms with Gasteiger partial charge in [0.15, 0.2) is 5.16 Å². The van der Waals surface area contributed by atoms with Crippen molar-refractivity contribution in [3.8, 4) is 0 Å². The van der Waals surface area contributed by atoms with Gasteiger partial charge in [0.05, 0.1) is 16.8 Å². The first kappa shape index (κ1) is 16.4. The molecule has 21 heavy (non-hydrogen) atoms. The number of para-hydroxylation sites is 2. The van der Waals surface area contributed by atoms with Gasteiger partial charge in [-0.2, -0.15) is 0 Å². The SMILES string of the molecule is CCCCCn1c(SCCS(C)(=O)=O)nc2ccccc21. The van der Waals surface area contributed by atoms with Crippen LogP contribution >= 0.6 is 11.8 Å². The first-order valence-electron chi connectivity index (χ1n) is 7.27. The number of thioether (sulfide) groups is 1. The number of nitrogens with zero attached hydrogens (tertiary/aromatic N) is 2. The minimum absolute atomic E-state index is 0.190. The number of fused-ring (bicyclic) bond motifs is 1. The Morgan fingerprint density at radius 2 is 2.00 bits per heavy atom. The molecule has 0 radical (unpaired) electrons. The summed E-state index contributed by atoms with van der Waals surface area (Å²) in [5, 5.41) is 0.927. The molecule has 0 aliphatic rings. The molecule has 0 saturated carbocycles. The highest BCUT2D eigenvalue weighted by atomic mass is 32.2. The maximum absolute atomic E-state index is 11.2. The highest BCUT2D eigenvalue weighted by Gasteiger charge is 2.11. The van der Waals surface area contributed by atoms with Crippen molar-refractivity contribution in [1.29, 1.82) is 0 Å². The van der Waals surface area contributed by atoms with Crippen LogP contribution in [0.5, 0.6) is 0 Å². The number of aryl methyl sites for hydroxylation is 1. The lowest BCUT2D eigenvalue weighted by atomic mass is 10.2. The number of benzene rings is 1. The second-order valence-electron chi connectivity index (χ2n) is 5.22. The van der Waals surface area contributed by atoms with Crippen molar-refractivity contribution in [2.24, 2.45) is 0 Å². The van der Waals surface area contributed by atoms with Crippen molar-refractivity contribution in [1.82, 2.24) is 9.55 Å². The van der Waals surface area contributed by atoms with E-state index < -0.39 is 9.84 Å². The van der Waals surface area contributed by atoms with E-state index in [4.69, 9.17) is 0 Å². The molecule has 0 spiro atoms.